The first kappa shape index (κ1) is 17.7. The van der Waals surface area contributed by atoms with E-state index in [1.165, 1.54) is 6.07 Å². The number of amides is 1. The predicted molar refractivity (Wildman–Crippen MR) is 102 cm³/mol. The molecule has 0 spiro atoms. The average Bonchev–Trinajstić information content (AvgIpc) is 2.59. The van der Waals surface area contributed by atoms with Crippen molar-refractivity contribution in [3.63, 3.8) is 0 Å². The molecule has 1 heterocycles. The van der Waals surface area contributed by atoms with Gasteiger partial charge in [-0.1, -0.05) is 39.0 Å². The third-order valence-electron chi connectivity index (χ3n) is 3.97. The molecule has 0 fully saturated rings. The Morgan fingerprint density at radius 3 is 2.58 bits per heavy atom. The fourth-order valence-electron chi connectivity index (χ4n) is 2.71. The molecule has 3 aromatic rings. The van der Waals surface area contributed by atoms with Crippen molar-refractivity contribution in [3.05, 3.63) is 70.6 Å². The molecule has 0 radical (unpaired) electrons. The number of hydrogen-bond acceptors (Lipinski definition) is 4. The maximum absolute atomic E-state index is 12.3. The van der Waals surface area contributed by atoms with Crippen LogP contribution in [-0.4, -0.2) is 12.5 Å². The van der Waals surface area contributed by atoms with Crippen molar-refractivity contribution in [2.75, 3.05) is 11.9 Å². The fourth-order valence-corrected chi connectivity index (χ4v) is 2.71. The number of nitrogens with one attached hydrogen (secondary N) is 1. The zero-order valence-electron chi connectivity index (χ0n) is 15.0. The minimum absolute atomic E-state index is 0.0827. The van der Waals surface area contributed by atoms with E-state index in [0.717, 1.165) is 16.6 Å². The molecule has 5 heteroatoms. The van der Waals surface area contributed by atoms with Crippen molar-refractivity contribution >= 4 is 22.6 Å². The number of rotatable bonds is 4. The van der Waals surface area contributed by atoms with E-state index in [-0.39, 0.29) is 17.9 Å². The Kier molecular flexibility index (Phi) is 4.80. The van der Waals surface area contributed by atoms with Crippen LogP contribution >= 0.6 is 0 Å². The van der Waals surface area contributed by atoms with E-state index in [4.69, 9.17) is 9.15 Å². The molecule has 0 saturated carbocycles. The molecule has 0 aliphatic rings. The summed E-state index contributed by atoms with van der Waals surface area (Å²) in [5, 5.41) is 3.69. The van der Waals surface area contributed by atoms with E-state index in [2.05, 4.69) is 26.1 Å². The Bertz CT molecular complexity index is 999. The van der Waals surface area contributed by atoms with Crippen LogP contribution in [0.5, 0.6) is 5.75 Å². The third kappa shape index (κ3) is 4.11. The van der Waals surface area contributed by atoms with Crippen molar-refractivity contribution in [1.29, 1.82) is 0 Å². The molecular formula is C21H21NO4. The minimum Gasteiger partial charge on any atom is -0.484 e. The van der Waals surface area contributed by atoms with Gasteiger partial charge in [0.05, 0.1) is 0 Å². The van der Waals surface area contributed by atoms with Gasteiger partial charge in [0, 0.05) is 23.2 Å². The van der Waals surface area contributed by atoms with Gasteiger partial charge in [-0.3, -0.25) is 4.79 Å². The third-order valence-corrected chi connectivity index (χ3v) is 3.97. The zero-order chi connectivity index (χ0) is 18.7. The van der Waals surface area contributed by atoms with Crippen molar-refractivity contribution < 1.29 is 13.9 Å². The second-order valence-electron chi connectivity index (χ2n) is 7.09. The summed E-state index contributed by atoms with van der Waals surface area (Å²) in [6.07, 6.45) is 0. The van der Waals surface area contributed by atoms with E-state index in [9.17, 15) is 9.59 Å². The van der Waals surface area contributed by atoms with Gasteiger partial charge >= 0.3 is 5.63 Å². The molecule has 5 nitrogen and oxygen atoms in total. The van der Waals surface area contributed by atoms with Crippen molar-refractivity contribution in [3.8, 4) is 5.75 Å². The van der Waals surface area contributed by atoms with Crippen molar-refractivity contribution in [2.45, 2.75) is 26.2 Å². The minimum atomic E-state index is -0.425. The first-order chi connectivity index (χ1) is 12.3. The zero-order valence-corrected chi connectivity index (χ0v) is 15.0. The first-order valence-electron chi connectivity index (χ1n) is 8.39. The van der Waals surface area contributed by atoms with Crippen LogP contribution in [-0.2, 0) is 10.2 Å². The Morgan fingerprint density at radius 1 is 1.08 bits per heavy atom. The SMILES string of the molecule is CC(C)(C)c1ccccc1NC(=O)COc1ccc2ccc(=O)oc2c1. The number of para-hydroxylation sites is 1. The van der Waals surface area contributed by atoms with Crippen molar-refractivity contribution in [1.82, 2.24) is 0 Å². The lowest BCUT2D eigenvalue weighted by Crippen LogP contribution is -2.23. The normalized spacial score (nSPS) is 11.3. The van der Waals surface area contributed by atoms with E-state index in [1.807, 2.05) is 24.3 Å². The summed E-state index contributed by atoms with van der Waals surface area (Å²) in [6, 6.07) is 15.9. The van der Waals surface area contributed by atoms with Crippen LogP contribution in [0.1, 0.15) is 26.3 Å². The lowest BCUT2D eigenvalue weighted by molar-refractivity contribution is -0.118. The number of fused-ring (bicyclic) bond motifs is 1. The lowest BCUT2D eigenvalue weighted by atomic mass is 9.86. The smallest absolute Gasteiger partial charge is 0.336 e. The molecule has 1 N–H and O–H groups in total. The maximum atomic E-state index is 12.3. The Labute approximate surface area is 151 Å². The van der Waals surface area contributed by atoms with Crippen LogP contribution in [0, 0.1) is 0 Å². The van der Waals surface area contributed by atoms with E-state index >= 15 is 0 Å². The van der Waals surface area contributed by atoms with E-state index < -0.39 is 5.63 Å². The Morgan fingerprint density at radius 2 is 1.81 bits per heavy atom. The fraction of sp³-hybridized carbons (Fsp3) is 0.238. The summed E-state index contributed by atoms with van der Waals surface area (Å²) in [6.45, 7) is 6.15. The van der Waals surface area contributed by atoms with Crippen LogP contribution in [0.3, 0.4) is 0 Å². The van der Waals surface area contributed by atoms with Gasteiger partial charge < -0.3 is 14.5 Å². The highest BCUT2D eigenvalue weighted by atomic mass is 16.5. The van der Waals surface area contributed by atoms with E-state index in [1.54, 1.807) is 24.3 Å². The van der Waals surface area contributed by atoms with Gasteiger partial charge in [0.2, 0.25) is 0 Å². The Balaban J connectivity index is 1.69. The summed E-state index contributed by atoms with van der Waals surface area (Å²) >= 11 is 0. The molecule has 26 heavy (non-hydrogen) atoms. The van der Waals surface area contributed by atoms with Gasteiger partial charge in [-0.15, -0.1) is 0 Å². The molecule has 0 aliphatic carbocycles. The van der Waals surface area contributed by atoms with Crippen LogP contribution in [0.4, 0.5) is 5.69 Å². The maximum Gasteiger partial charge on any atom is 0.336 e. The molecule has 0 aliphatic heterocycles. The topological polar surface area (TPSA) is 68.5 Å². The van der Waals surface area contributed by atoms with Crippen LogP contribution in [0.25, 0.3) is 11.0 Å². The summed E-state index contributed by atoms with van der Waals surface area (Å²) in [7, 11) is 0. The number of anilines is 1. The van der Waals surface area contributed by atoms with Crippen LogP contribution < -0.4 is 15.7 Å². The molecule has 0 bridgehead atoms. The van der Waals surface area contributed by atoms with Crippen LogP contribution in [0.2, 0.25) is 0 Å². The molecule has 134 valence electrons. The van der Waals surface area contributed by atoms with Gasteiger partial charge in [0.15, 0.2) is 6.61 Å². The van der Waals surface area contributed by atoms with Gasteiger partial charge in [0.1, 0.15) is 11.3 Å². The highest BCUT2D eigenvalue weighted by molar-refractivity contribution is 5.93. The molecule has 1 aromatic heterocycles. The number of carbonyl (C=O) groups excluding carboxylic acids is 1. The summed E-state index contributed by atoms with van der Waals surface area (Å²) in [4.78, 5) is 23.6. The number of ether oxygens (including phenoxy) is 1. The first-order valence-corrected chi connectivity index (χ1v) is 8.39. The highest BCUT2D eigenvalue weighted by Gasteiger charge is 2.18. The number of hydrogen-bond donors (Lipinski definition) is 1. The standard InChI is InChI=1S/C21H21NO4/c1-21(2,3)16-6-4-5-7-17(16)22-19(23)13-25-15-10-8-14-9-11-20(24)26-18(14)12-15/h4-12H,13H2,1-3H3,(H,22,23). The largest absolute Gasteiger partial charge is 0.484 e. The van der Waals surface area contributed by atoms with Gasteiger partial charge in [-0.25, -0.2) is 4.79 Å². The number of carbonyl (C=O) groups is 1. The summed E-state index contributed by atoms with van der Waals surface area (Å²) < 4.78 is 10.7. The monoisotopic (exact) mass is 351 g/mol. The lowest BCUT2D eigenvalue weighted by Gasteiger charge is -2.23. The summed E-state index contributed by atoms with van der Waals surface area (Å²) in [5.74, 6) is 0.211. The molecular weight excluding hydrogens is 330 g/mol. The van der Waals surface area contributed by atoms with E-state index in [0.29, 0.717) is 11.3 Å². The average molecular weight is 351 g/mol. The molecule has 1 amide bonds. The summed E-state index contributed by atoms with van der Waals surface area (Å²) in [5.41, 5.74) is 1.75. The predicted octanol–water partition coefficient (Wildman–Crippen LogP) is 4.11. The quantitative estimate of drug-likeness (QED) is 0.718. The Hall–Kier alpha value is -3.08. The molecule has 2 aromatic carbocycles. The molecule has 3 rings (SSSR count). The molecule has 0 atom stereocenters. The second-order valence-corrected chi connectivity index (χ2v) is 7.09. The molecule has 0 unspecified atom stereocenters. The van der Waals surface area contributed by atoms with Crippen LogP contribution in [0.15, 0.2) is 63.8 Å². The van der Waals surface area contributed by atoms with Gasteiger partial charge in [0.25, 0.3) is 5.91 Å². The molecule has 0 saturated heterocycles. The van der Waals surface area contributed by atoms with Crippen molar-refractivity contribution in [2.24, 2.45) is 0 Å². The second kappa shape index (κ2) is 7.04. The van der Waals surface area contributed by atoms with Gasteiger partial charge in [-0.2, -0.15) is 0 Å². The number of benzene rings is 2. The van der Waals surface area contributed by atoms with Gasteiger partial charge in [-0.05, 0) is 35.2 Å². The highest BCUT2D eigenvalue weighted by Crippen LogP contribution is 2.29.